The van der Waals surface area contributed by atoms with E-state index >= 15 is 0 Å². The van der Waals surface area contributed by atoms with Crippen LogP contribution in [0.4, 0.5) is 21.7 Å². The zero-order valence-electron chi connectivity index (χ0n) is 16.4. The Kier molecular flexibility index (Phi) is 5.55. The van der Waals surface area contributed by atoms with E-state index in [1.54, 1.807) is 12.1 Å². The molecule has 7 heteroatoms. The number of hydrogen-bond acceptors (Lipinski definition) is 5. The van der Waals surface area contributed by atoms with E-state index in [9.17, 15) is 9.18 Å². The fraction of sp³-hybridized carbons (Fsp3) is 0.318. The maximum absolute atomic E-state index is 13.0. The number of nitrogens with one attached hydrogen (secondary N) is 2. The molecule has 2 aromatic carbocycles. The molecule has 1 fully saturated rings. The number of benzene rings is 2. The summed E-state index contributed by atoms with van der Waals surface area (Å²) < 4.78 is 13.0. The molecule has 0 amide bonds. The van der Waals surface area contributed by atoms with Crippen molar-refractivity contribution in [1.82, 2.24) is 15.2 Å². The van der Waals surface area contributed by atoms with Gasteiger partial charge in [-0.1, -0.05) is 19.1 Å². The number of nitrogens with zero attached hydrogens (tertiary/aromatic N) is 3. The van der Waals surface area contributed by atoms with Crippen LogP contribution in [0.25, 0.3) is 0 Å². The number of hydrogen-bond donors (Lipinski definition) is 2. The van der Waals surface area contributed by atoms with Gasteiger partial charge in [-0.15, -0.1) is 10.2 Å². The minimum absolute atomic E-state index is 0.289. The van der Waals surface area contributed by atoms with E-state index in [0.29, 0.717) is 6.42 Å². The van der Waals surface area contributed by atoms with Crippen LogP contribution >= 0.6 is 0 Å². The molecule has 2 heterocycles. The third-order valence-corrected chi connectivity index (χ3v) is 5.33. The van der Waals surface area contributed by atoms with E-state index in [2.05, 4.69) is 44.5 Å². The van der Waals surface area contributed by atoms with Crippen LogP contribution in [0.15, 0.2) is 53.3 Å². The van der Waals surface area contributed by atoms with Crippen LogP contribution in [0.3, 0.4) is 0 Å². The number of H-pyrrole nitrogens is 1. The van der Waals surface area contributed by atoms with Crippen molar-refractivity contribution in [2.75, 3.05) is 23.3 Å². The van der Waals surface area contributed by atoms with Gasteiger partial charge in [0.15, 0.2) is 0 Å². The van der Waals surface area contributed by atoms with Gasteiger partial charge in [0, 0.05) is 30.9 Å². The molecular weight excluding hydrogens is 369 g/mol. The van der Waals surface area contributed by atoms with E-state index in [0.717, 1.165) is 30.3 Å². The molecule has 1 aliphatic rings. The maximum Gasteiger partial charge on any atom is 0.274 e. The topological polar surface area (TPSA) is 73.9 Å². The van der Waals surface area contributed by atoms with E-state index in [1.165, 1.54) is 30.7 Å². The molecule has 0 radical (unpaired) electrons. The smallest absolute Gasteiger partial charge is 0.274 e. The van der Waals surface area contributed by atoms with E-state index in [4.69, 9.17) is 0 Å². The molecule has 0 bridgehead atoms. The second-order valence-corrected chi connectivity index (χ2v) is 7.59. The fourth-order valence-corrected chi connectivity index (χ4v) is 3.49. The molecule has 0 saturated carbocycles. The second-order valence-electron chi connectivity index (χ2n) is 7.59. The van der Waals surface area contributed by atoms with Gasteiger partial charge in [0.2, 0.25) is 5.95 Å². The zero-order chi connectivity index (χ0) is 20.2. The second kappa shape index (κ2) is 8.43. The average molecular weight is 393 g/mol. The summed E-state index contributed by atoms with van der Waals surface area (Å²) in [7, 11) is 0. The number of aromatic nitrogens is 3. The molecule has 2 N–H and O–H groups in total. The lowest BCUT2D eigenvalue weighted by molar-refractivity contribution is 0.438. The summed E-state index contributed by atoms with van der Waals surface area (Å²) in [5.74, 6) is 0.778. The standard InChI is InChI=1S/C22H24FN5O/c1-15-10-12-28(13-11-15)19-8-6-18(7-9-19)24-22-25-21(29)20(26-27-22)14-16-2-4-17(23)5-3-16/h2-9,15H,10-14H2,1H3,(H2,24,25,27,29). The van der Waals surface area contributed by atoms with Crippen molar-refractivity contribution in [3.8, 4) is 0 Å². The first-order valence-electron chi connectivity index (χ1n) is 9.89. The predicted molar refractivity (Wildman–Crippen MR) is 112 cm³/mol. The first-order chi connectivity index (χ1) is 14.1. The normalized spacial score (nSPS) is 14.8. The van der Waals surface area contributed by atoms with Gasteiger partial charge in [-0.3, -0.25) is 9.78 Å². The Balaban J connectivity index is 1.41. The molecule has 0 unspecified atom stereocenters. The number of halogens is 1. The zero-order valence-corrected chi connectivity index (χ0v) is 16.4. The van der Waals surface area contributed by atoms with Gasteiger partial charge in [0.25, 0.3) is 5.56 Å². The molecule has 0 spiro atoms. The third-order valence-electron chi connectivity index (χ3n) is 5.33. The molecule has 4 rings (SSSR count). The van der Waals surface area contributed by atoms with Gasteiger partial charge in [-0.05, 0) is 60.7 Å². The Bertz CT molecular complexity index is 1010. The van der Waals surface area contributed by atoms with Crippen LogP contribution in [0.5, 0.6) is 0 Å². The maximum atomic E-state index is 13.0. The highest BCUT2D eigenvalue weighted by Crippen LogP contribution is 2.24. The summed E-state index contributed by atoms with van der Waals surface area (Å²) in [4.78, 5) is 17.4. The molecule has 0 atom stereocenters. The van der Waals surface area contributed by atoms with Crippen molar-refractivity contribution >= 4 is 17.3 Å². The number of anilines is 3. The highest BCUT2D eigenvalue weighted by atomic mass is 19.1. The fourth-order valence-electron chi connectivity index (χ4n) is 3.49. The third kappa shape index (κ3) is 4.80. The van der Waals surface area contributed by atoms with Crippen LogP contribution in [-0.4, -0.2) is 28.3 Å². The molecular formula is C22H24FN5O. The highest BCUT2D eigenvalue weighted by Gasteiger charge is 2.16. The largest absolute Gasteiger partial charge is 0.372 e. The summed E-state index contributed by atoms with van der Waals surface area (Å²) >= 11 is 0. The van der Waals surface area contributed by atoms with Crippen molar-refractivity contribution in [2.24, 2.45) is 5.92 Å². The van der Waals surface area contributed by atoms with Crippen molar-refractivity contribution in [1.29, 1.82) is 0 Å². The molecule has 1 aromatic heterocycles. The van der Waals surface area contributed by atoms with Gasteiger partial charge in [-0.25, -0.2) is 4.39 Å². The molecule has 29 heavy (non-hydrogen) atoms. The number of piperidine rings is 1. The van der Waals surface area contributed by atoms with Crippen LogP contribution in [0, 0.1) is 11.7 Å². The van der Waals surface area contributed by atoms with E-state index in [1.807, 2.05) is 12.1 Å². The van der Waals surface area contributed by atoms with Crippen LogP contribution in [0.1, 0.15) is 31.0 Å². The van der Waals surface area contributed by atoms with Gasteiger partial charge < -0.3 is 10.2 Å². The van der Waals surface area contributed by atoms with Crippen molar-refractivity contribution in [3.05, 3.63) is 76.0 Å². The summed E-state index contributed by atoms with van der Waals surface area (Å²) in [6, 6.07) is 14.1. The van der Waals surface area contributed by atoms with Crippen LogP contribution in [0.2, 0.25) is 0 Å². The first-order valence-corrected chi connectivity index (χ1v) is 9.89. The molecule has 1 aliphatic heterocycles. The van der Waals surface area contributed by atoms with Crippen molar-refractivity contribution in [2.45, 2.75) is 26.2 Å². The van der Waals surface area contributed by atoms with Gasteiger partial charge in [0.05, 0.1) is 0 Å². The van der Waals surface area contributed by atoms with Crippen LogP contribution in [-0.2, 0) is 6.42 Å². The molecule has 6 nitrogen and oxygen atoms in total. The minimum atomic E-state index is -0.314. The van der Waals surface area contributed by atoms with E-state index < -0.39 is 0 Å². The predicted octanol–water partition coefficient (Wildman–Crippen LogP) is 3.87. The Hall–Kier alpha value is -3.22. The minimum Gasteiger partial charge on any atom is -0.372 e. The van der Waals surface area contributed by atoms with Crippen LogP contribution < -0.4 is 15.8 Å². The molecule has 150 valence electrons. The van der Waals surface area contributed by atoms with E-state index in [-0.39, 0.29) is 23.0 Å². The first kappa shape index (κ1) is 19.1. The molecule has 0 aliphatic carbocycles. The van der Waals surface area contributed by atoms with Gasteiger partial charge in [0.1, 0.15) is 11.5 Å². The quantitative estimate of drug-likeness (QED) is 0.688. The molecule has 3 aromatic rings. The molecule has 1 saturated heterocycles. The summed E-state index contributed by atoms with van der Waals surface area (Å²) in [6.07, 6.45) is 2.74. The summed E-state index contributed by atoms with van der Waals surface area (Å²) in [6.45, 7) is 4.47. The number of rotatable bonds is 5. The summed E-state index contributed by atoms with van der Waals surface area (Å²) in [5.41, 5.74) is 2.81. The monoisotopic (exact) mass is 393 g/mol. The van der Waals surface area contributed by atoms with Gasteiger partial charge in [-0.2, -0.15) is 0 Å². The average Bonchev–Trinajstić information content (AvgIpc) is 2.73. The Morgan fingerprint density at radius 2 is 1.76 bits per heavy atom. The Labute approximate surface area is 168 Å². The van der Waals surface area contributed by atoms with Crippen molar-refractivity contribution < 1.29 is 4.39 Å². The lowest BCUT2D eigenvalue weighted by Crippen LogP contribution is -2.32. The van der Waals surface area contributed by atoms with Gasteiger partial charge >= 0.3 is 0 Å². The lowest BCUT2D eigenvalue weighted by atomic mass is 9.99. The Morgan fingerprint density at radius 1 is 1.07 bits per heavy atom. The van der Waals surface area contributed by atoms with Crippen molar-refractivity contribution in [3.63, 3.8) is 0 Å². The number of aromatic amines is 1. The highest BCUT2D eigenvalue weighted by molar-refractivity contribution is 5.59. The SMILES string of the molecule is CC1CCN(c2ccc(Nc3nnc(Cc4ccc(F)cc4)c(=O)[nH]3)cc2)CC1. The lowest BCUT2D eigenvalue weighted by Gasteiger charge is -2.32. The Morgan fingerprint density at radius 3 is 2.41 bits per heavy atom. The summed E-state index contributed by atoms with van der Waals surface area (Å²) in [5, 5.41) is 11.2.